The Balaban J connectivity index is 0.000000206. The Labute approximate surface area is 243 Å². The van der Waals surface area contributed by atoms with Crippen molar-refractivity contribution in [2.45, 2.75) is 98.2 Å². The molecule has 0 amide bonds. The normalized spacial score (nSPS) is 26.2. The fourth-order valence-electron chi connectivity index (χ4n) is 6.58. The van der Waals surface area contributed by atoms with Crippen LogP contribution in [0.5, 0.6) is 0 Å². The van der Waals surface area contributed by atoms with E-state index in [1.165, 1.54) is 36.6 Å². The first kappa shape index (κ1) is 31.0. The Bertz CT molecular complexity index is 1150. The molecule has 2 fully saturated rings. The summed E-state index contributed by atoms with van der Waals surface area (Å²) in [6.07, 6.45) is 6.17. The van der Waals surface area contributed by atoms with Gasteiger partial charge in [0.05, 0.1) is 17.7 Å². The average molecular weight is 693 g/mol. The minimum Gasteiger partial charge on any atom is -0.392 e. The first-order valence-corrected chi connectivity index (χ1v) is 14.2. The van der Waals surface area contributed by atoms with Crippen molar-refractivity contribution >= 4 is 10.9 Å². The predicted molar refractivity (Wildman–Crippen MR) is 154 cm³/mol. The molecule has 3 nitrogen and oxygen atoms in total. The Morgan fingerprint density at radius 2 is 1.47 bits per heavy atom. The van der Waals surface area contributed by atoms with E-state index in [-0.39, 0.29) is 49.1 Å². The fourth-order valence-corrected chi connectivity index (χ4v) is 6.58. The van der Waals surface area contributed by atoms with E-state index < -0.39 is 0 Å². The molecule has 4 heteroatoms. The molecule has 0 aliphatic heterocycles. The second kappa shape index (κ2) is 12.7. The number of aromatic nitrogens is 1. The molecule has 2 aliphatic carbocycles. The molecule has 0 saturated heterocycles. The van der Waals surface area contributed by atoms with Crippen LogP contribution < -0.4 is 0 Å². The van der Waals surface area contributed by atoms with Crippen LogP contribution in [0.1, 0.15) is 91.5 Å². The zero-order chi connectivity index (χ0) is 26.8. The van der Waals surface area contributed by atoms with Crippen molar-refractivity contribution in [3.8, 4) is 11.3 Å². The van der Waals surface area contributed by atoms with Crippen LogP contribution in [0, 0.1) is 28.7 Å². The van der Waals surface area contributed by atoms with Crippen LogP contribution in [0.4, 0.5) is 0 Å². The maximum absolute atomic E-state index is 10.8. The van der Waals surface area contributed by atoms with Crippen LogP contribution in [0.25, 0.3) is 22.2 Å². The van der Waals surface area contributed by atoms with E-state index in [0.717, 1.165) is 29.6 Å². The van der Waals surface area contributed by atoms with Gasteiger partial charge in [0, 0.05) is 31.4 Å². The first-order chi connectivity index (χ1) is 17.5. The summed E-state index contributed by atoms with van der Waals surface area (Å²) >= 11 is 0. The minimum atomic E-state index is -0.364. The molecule has 2 atom stereocenters. The quantitative estimate of drug-likeness (QED) is 0.267. The van der Waals surface area contributed by atoms with Gasteiger partial charge in [0.15, 0.2) is 0 Å². The Kier molecular flexibility index (Phi) is 10.4. The third kappa shape index (κ3) is 6.76. The summed E-state index contributed by atoms with van der Waals surface area (Å²) in [5.41, 5.74) is 4.32. The van der Waals surface area contributed by atoms with Gasteiger partial charge in [-0.15, -0.1) is 35.9 Å². The molecule has 2 unspecified atom stereocenters. The molecule has 1 radical (unpaired) electrons. The summed E-state index contributed by atoms with van der Waals surface area (Å²) in [6.45, 7) is 13.1. The molecule has 1 heterocycles. The van der Waals surface area contributed by atoms with Gasteiger partial charge in [0.2, 0.25) is 0 Å². The third-order valence-corrected chi connectivity index (χ3v) is 9.04. The van der Waals surface area contributed by atoms with Crippen LogP contribution in [0.2, 0.25) is 0 Å². The smallest absolute Gasteiger partial charge is 0.0646 e. The van der Waals surface area contributed by atoms with Crippen molar-refractivity contribution in [3.63, 3.8) is 0 Å². The van der Waals surface area contributed by atoms with Crippen LogP contribution in [0.15, 0.2) is 54.6 Å². The first-order valence-electron chi connectivity index (χ1n) is 14.2. The Morgan fingerprint density at radius 1 is 0.842 bits per heavy atom. The van der Waals surface area contributed by atoms with E-state index in [1.807, 2.05) is 24.3 Å². The second-order valence-electron chi connectivity index (χ2n) is 13.0. The summed E-state index contributed by atoms with van der Waals surface area (Å²) in [5, 5.41) is 22.8. The molecule has 38 heavy (non-hydrogen) atoms. The monoisotopic (exact) mass is 693 g/mol. The summed E-state index contributed by atoms with van der Waals surface area (Å²) in [5.74, 6) is 1.10. The van der Waals surface area contributed by atoms with E-state index in [9.17, 15) is 10.2 Å². The number of benzene rings is 2. The maximum atomic E-state index is 10.8. The van der Waals surface area contributed by atoms with Gasteiger partial charge in [-0.3, -0.25) is 4.98 Å². The summed E-state index contributed by atoms with van der Waals surface area (Å²) in [7, 11) is 0. The predicted octanol–water partition coefficient (Wildman–Crippen LogP) is 8.18. The molecule has 2 aliphatic rings. The number of nitrogens with zero attached hydrogens (tertiary/aromatic N) is 1. The molecule has 2 N–H and O–H groups in total. The summed E-state index contributed by atoms with van der Waals surface area (Å²) < 4.78 is 0. The minimum absolute atomic E-state index is 0. The molecule has 3 aromatic rings. The number of hydrogen-bond donors (Lipinski definition) is 2. The van der Waals surface area contributed by atoms with E-state index in [4.69, 9.17) is 4.98 Å². The molecular weight excluding hydrogens is 647 g/mol. The van der Waals surface area contributed by atoms with Gasteiger partial charge in [0.1, 0.15) is 0 Å². The standard InChI is InChI=1S/C18H16N.C16H30O2.Ir/c1-13(2)15-9-6-10-18-16(15)11-12-17(19-18)14-7-4-3-5-8-14;1-15(2)9-5-7-11-8-6-10-16(3,4)14(18)12(11)13(15)17;/h3-7,9-13H,1-2H3;11-14,17-18H,5-10H2,1-4H3;/q-1;;. The molecule has 2 aromatic carbocycles. The number of rotatable bonds is 2. The third-order valence-electron chi connectivity index (χ3n) is 9.04. The molecule has 1 aromatic heterocycles. The van der Waals surface area contributed by atoms with Crippen molar-refractivity contribution in [1.29, 1.82) is 0 Å². The van der Waals surface area contributed by atoms with Crippen molar-refractivity contribution in [2.24, 2.45) is 22.7 Å². The molecule has 0 spiro atoms. The number of aliphatic hydroxyl groups excluding tert-OH is 2. The second-order valence-corrected chi connectivity index (χ2v) is 13.0. The van der Waals surface area contributed by atoms with Crippen molar-refractivity contribution < 1.29 is 30.3 Å². The number of hydrogen-bond acceptors (Lipinski definition) is 3. The fraction of sp³-hybridized carbons (Fsp3) is 0.559. The molecular formula is C34H46IrNO2-. The van der Waals surface area contributed by atoms with Crippen LogP contribution in [-0.2, 0) is 20.1 Å². The largest absolute Gasteiger partial charge is 0.392 e. The van der Waals surface area contributed by atoms with Gasteiger partial charge >= 0.3 is 0 Å². The van der Waals surface area contributed by atoms with Crippen molar-refractivity contribution in [1.82, 2.24) is 4.98 Å². The van der Waals surface area contributed by atoms with Crippen LogP contribution in [0.3, 0.4) is 0 Å². The van der Waals surface area contributed by atoms with E-state index in [2.05, 4.69) is 77.9 Å². The summed E-state index contributed by atoms with van der Waals surface area (Å²) in [6, 6.07) is 21.8. The van der Waals surface area contributed by atoms with Crippen LogP contribution in [-0.4, -0.2) is 27.4 Å². The van der Waals surface area contributed by atoms with E-state index in [0.29, 0.717) is 11.8 Å². The molecule has 0 bridgehead atoms. The zero-order valence-corrected chi connectivity index (χ0v) is 26.4. The van der Waals surface area contributed by atoms with E-state index in [1.54, 1.807) is 0 Å². The SMILES string of the molecule is CC(C)c1cccc2nc(-c3[c-]cccc3)ccc12.CC1(C)CCCC2CCCC(C)(C)C(O)C2C1O.[Ir]. The van der Waals surface area contributed by atoms with Gasteiger partial charge in [0.25, 0.3) is 0 Å². The maximum Gasteiger partial charge on any atom is 0.0646 e. The molecule has 2 saturated carbocycles. The molecule has 209 valence electrons. The van der Waals surface area contributed by atoms with Gasteiger partial charge in [-0.2, -0.15) is 0 Å². The van der Waals surface area contributed by atoms with E-state index >= 15 is 0 Å². The topological polar surface area (TPSA) is 53.4 Å². The van der Waals surface area contributed by atoms with Crippen molar-refractivity contribution in [2.75, 3.05) is 0 Å². The van der Waals surface area contributed by atoms with Crippen LogP contribution >= 0.6 is 0 Å². The van der Waals surface area contributed by atoms with Gasteiger partial charge in [-0.05, 0) is 65.7 Å². The Hall–Kier alpha value is -1.58. The number of pyridine rings is 1. The van der Waals surface area contributed by atoms with Gasteiger partial charge in [-0.25, -0.2) is 0 Å². The zero-order valence-electron chi connectivity index (χ0n) is 24.0. The average Bonchev–Trinajstić information content (AvgIpc) is 3.06. The number of fused-ring (bicyclic) bond motifs is 2. The van der Waals surface area contributed by atoms with Crippen molar-refractivity contribution in [3.05, 3.63) is 66.2 Å². The van der Waals surface area contributed by atoms with Gasteiger partial charge in [-0.1, -0.05) is 78.6 Å². The summed E-state index contributed by atoms with van der Waals surface area (Å²) in [4.78, 5) is 4.76. The molecule has 5 rings (SSSR count). The number of aliphatic hydroxyl groups is 2. The Morgan fingerprint density at radius 3 is 2.03 bits per heavy atom. The van der Waals surface area contributed by atoms with Gasteiger partial charge < -0.3 is 10.2 Å².